The summed E-state index contributed by atoms with van der Waals surface area (Å²) < 4.78 is 0. The minimum absolute atomic E-state index is 0.246. The number of benzene rings is 2. The number of hydrogen-bond acceptors (Lipinski definition) is 4. The zero-order valence-corrected chi connectivity index (χ0v) is 15.8. The number of carbonyl (C=O) groups excluding carboxylic acids is 2. The lowest BCUT2D eigenvalue weighted by Gasteiger charge is -2.22. The smallest absolute Gasteiger partial charge is 0.264 e. The Bertz CT molecular complexity index is 1000. The number of ketones is 1. The molecule has 4 rings (SSSR count). The average molecular weight is 398 g/mol. The number of thiophene rings is 1. The van der Waals surface area contributed by atoms with Gasteiger partial charge in [-0.25, -0.2) is 0 Å². The summed E-state index contributed by atoms with van der Waals surface area (Å²) in [6, 6.07) is 17.7. The summed E-state index contributed by atoms with van der Waals surface area (Å²) in [5, 5.41) is 13.7. The van der Waals surface area contributed by atoms with E-state index in [1.165, 1.54) is 16.2 Å². The van der Waals surface area contributed by atoms with Gasteiger partial charge in [0.15, 0.2) is 11.4 Å². The van der Waals surface area contributed by atoms with Crippen LogP contribution >= 0.6 is 22.9 Å². The van der Waals surface area contributed by atoms with Crippen LogP contribution in [0.2, 0.25) is 5.02 Å². The van der Waals surface area contributed by atoms with Crippen molar-refractivity contribution in [3.05, 3.63) is 87.1 Å². The molecule has 1 aliphatic heterocycles. The van der Waals surface area contributed by atoms with Gasteiger partial charge in [-0.3, -0.25) is 9.59 Å². The monoisotopic (exact) mass is 397 g/mol. The van der Waals surface area contributed by atoms with Crippen LogP contribution in [0.15, 0.2) is 66.0 Å². The van der Waals surface area contributed by atoms with Crippen LogP contribution in [0, 0.1) is 0 Å². The Morgan fingerprint density at radius 3 is 2.52 bits per heavy atom. The van der Waals surface area contributed by atoms with Gasteiger partial charge in [-0.05, 0) is 35.2 Å². The molecule has 1 aliphatic rings. The number of hydrogen-bond donors (Lipinski definition) is 1. The molecule has 136 valence electrons. The maximum absolute atomic E-state index is 13.2. The van der Waals surface area contributed by atoms with Crippen molar-refractivity contribution >= 4 is 40.3 Å². The molecule has 0 aliphatic carbocycles. The van der Waals surface area contributed by atoms with Crippen molar-refractivity contribution in [2.75, 3.05) is 4.90 Å². The second-order valence-corrected chi connectivity index (χ2v) is 7.86. The van der Waals surface area contributed by atoms with Crippen molar-refractivity contribution in [1.29, 1.82) is 0 Å². The zero-order valence-electron chi connectivity index (χ0n) is 14.3. The lowest BCUT2D eigenvalue weighted by Crippen LogP contribution is -2.41. The zero-order chi connectivity index (χ0) is 19.0. The summed E-state index contributed by atoms with van der Waals surface area (Å²) in [5.74, 6) is -0.729. The van der Waals surface area contributed by atoms with Crippen molar-refractivity contribution in [1.82, 2.24) is 0 Å². The first-order valence-corrected chi connectivity index (χ1v) is 9.70. The fourth-order valence-corrected chi connectivity index (χ4v) is 4.15. The Kier molecular flexibility index (Phi) is 4.60. The van der Waals surface area contributed by atoms with Gasteiger partial charge in [-0.2, -0.15) is 0 Å². The molecule has 1 N–H and O–H groups in total. The number of carbonyl (C=O) groups is 2. The Hall–Kier alpha value is -2.47. The molecule has 0 bridgehead atoms. The number of rotatable bonds is 5. The highest BCUT2D eigenvalue weighted by atomic mass is 35.5. The molecular weight excluding hydrogens is 382 g/mol. The summed E-state index contributed by atoms with van der Waals surface area (Å²) >= 11 is 7.23. The highest BCUT2D eigenvalue weighted by molar-refractivity contribution is 7.12. The summed E-state index contributed by atoms with van der Waals surface area (Å²) in [4.78, 5) is 27.8. The van der Waals surface area contributed by atoms with Crippen LogP contribution < -0.4 is 4.90 Å². The van der Waals surface area contributed by atoms with Crippen LogP contribution in [-0.2, 0) is 16.9 Å². The van der Waals surface area contributed by atoms with Gasteiger partial charge in [-0.15, -0.1) is 11.3 Å². The average Bonchev–Trinajstić information content (AvgIpc) is 3.27. The van der Waals surface area contributed by atoms with Crippen LogP contribution in [0.25, 0.3) is 0 Å². The molecule has 0 unspecified atom stereocenters. The van der Waals surface area contributed by atoms with Crippen LogP contribution in [0.3, 0.4) is 0 Å². The lowest BCUT2D eigenvalue weighted by atomic mass is 9.89. The Balaban J connectivity index is 1.68. The van der Waals surface area contributed by atoms with Crippen molar-refractivity contribution < 1.29 is 14.7 Å². The number of para-hydroxylation sites is 1. The van der Waals surface area contributed by atoms with Crippen LogP contribution in [-0.4, -0.2) is 16.8 Å². The van der Waals surface area contributed by atoms with Crippen molar-refractivity contribution in [2.45, 2.75) is 18.6 Å². The van der Waals surface area contributed by atoms with E-state index in [0.717, 1.165) is 5.56 Å². The Morgan fingerprint density at radius 2 is 1.81 bits per heavy atom. The normalized spacial score (nSPS) is 18.6. The summed E-state index contributed by atoms with van der Waals surface area (Å²) in [7, 11) is 0. The highest BCUT2D eigenvalue weighted by Gasteiger charge is 2.50. The van der Waals surface area contributed by atoms with E-state index < -0.39 is 11.5 Å². The molecule has 1 atom stereocenters. The van der Waals surface area contributed by atoms with Gasteiger partial charge in [0.2, 0.25) is 0 Å². The summed E-state index contributed by atoms with van der Waals surface area (Å²) in [5.41, 5.74) is 0.119. The van der Waals surface area contributed by atoms with E-state index in [-0.39, 0.29) is 12.2 Å². The number of halogens is 1. The first kappa shape index (κ1) is 17.9. The molecule has 1 amide bonds. The van der Waals surface area contributed by atoms with E-state index in [4.69, 9.17) is 11.6 Å². The van der Waals surface area contributed by atoms with Gasteiger partial charge in [-0.1, -0.05) is 48.0 Å². The Morgan fingerprint density at radius 1 is 1.07 bits per heavy atom. The lowest BCUT2D eigenvalue weighted by molar-refractivity contribution is -0.136. The van der Waals surface area contributed by atoms with Crippen LogP contribution in [0.1, 0.15) is 27.2 Å². The quantitative estimate of drug-likeness (QED) is 0.649. The van der Waals surface area contributed by atoms with Gasteiger partial charge in [0.25, 0.3) is 5.91 Å². The SMILES string of the molecule is O=C(C[C@]1(O)C(=O)N(Cc2ccc(Cl)cc2)c2ccccc21)c1cccs1. The van der Waals surface area contributed by atoms with Crippen LogP contribution in [0.4, 0.5) is 5.69 Å². The Labute approximate surface area is 165 Å². The van der Waals surface area contributed by atoms with Gasteiger partial charge in [0, 0.05) is 10.6 Å². The minimum atomic E-state index is -1.86. The van der Waals surface area contributed by atoms with Gasteiger partial charge in [0.05, 0.1) is 23.5 Å². The first-order valence-electron chi connectivity index (χ1n) is 8.44. The number of nitrogens with zero attached hydrogens (tertiary/aromatic N) is 1. The van der Waals surface area contributed by atoms with E-state index in [1.807, 2.05) is 18.2 Å². The van der Waals surface area contributed by atoms with Gasteiger partial charge < -0.3 is 10.0 Å². The fraction of sp³-hybridized carbons (Fsp3) is 0.143. The third kappa shape index (κ3) is 3.18. The van der Waals surface area contributed by atoms with E-state index >= 15 is 0 Å². The molecular formula is C21H16ClNO3S. The number of anilines is 1. The maximum Gasteiger partial charge on any atom is 0.264 e. The highest BCUT2D eigenvalue weighted by Crippen LogP contribution is 2.43. The number of amides is 1. The predicted octanol–water partition coefficient (Wildman–Crippen LogP) is 4.41. The molecule has 0 fully saturated rings. The molecule has 1 aromatic heterocycles. The molecule has 6 heteroatoms. The molecule has 4 nitrogen and oxygen atoms in total. The second-order valence-electron chi connectivity index (χ2n) is 6.47. The molecule has 0 saturated carbocycles. The topological polar surface area (TPSA) is 57.6 Å². The predicted molar refractivity (Wildman–Crippen MR) is 106 cm³/mol. The van der Waals surface area contributed by atoms with E-state index in [0.29, 0.717) is 27.7 Å². The molecule has 2 aromatic carbocycles. The fourth-order valence-electron chi connectivity index (χ4n) is 3.36. The molecule has 0 radical (unpaired) electrons. The second kappa shape index (κ2) is 6.93. The summed E-state index contributed by atoms with van der Waals surface area (Å²) in [6.45, 7) is 0.294. The number of aliphatic hydroxyl groups is 1. The van der Waals surface area contributed by atoms with Crippen molar-refractivity contribution in [2.24, 2.45) is 0 Å². The van der Waals surface area contributed by atoms with Gasteiger partial charge >= 0.3 is 0 Å². The molecule has 0 spiro atoms. The molecule has 2 heterocycles. The minimum Gasteiger partial charge on any atom is -0.375 e. The third-order valence-electron chi connectivity index (χ3n) is 4.71. The van der Waals surface area contributed by atoms with Crippen molar-refractivity contribution in [3.63, 3.8) is 0 Å². The van der Waals surface area contributed by atoms with Gasteiger partial charge in [0.1, 0.15) is 0 Å². The summed E-state index contributed by atoms with van der Waals surface area (Å²) in [6.07, 6.45) is -0.277. The van der Waals surface area contributed by atoms with E-state index in [9.17, 15) is 14.7 Å². The molecule has 27 heavy (non-hydrogen) atoms. The van der Waals surface area contributed by atoms with Crippen molar-refractivity contribution in [3.8, 4) is 0 Å². The third-order valence-corrected chi connectivity index (χ3v) is 5.87. The number of Topliss-reactive ketones (excluding diaryl/α,β-unsaturated/α-hetero) is 1. The molecule has 0 saturated heterocycles. The van der Waals surface area contributed by atoms with E-state index in [1.54, 1.807) is 47.8 Å². The van der Waals surface area contributed by atoms with Crippen LogP contribution in [0.5, 0.6) is 0 Å². The largest absolute Gasteiger partial charge is 0.375 e. The number of fused-ring (bicyclic) bond motifs is 1. The first-order chi connectivity index (χ1) is 13.0. The van der Waals surface area contributed by atoms with E-state index in [2.05, 4.69) is 0 Å². The standard InChI is InChI=1S/C21H16ClNO3S/c22-15-9-7-14(8-10-15)13-23-17-5-2-1-4-16(17)21(26,20(23)25)12-18(24)19-6-3-11-27-19/h1-11,26H,12-13H2/t21-/m1/s1. The maximum atomic E-state index is 13.2. The molecule has 3 aromatic rings.